The summed E-state index contributed by atoms with van der Waals surface area (Å²) < 4.78 is 51.6. The van der Waals surface area contributed by atoms with Gasteiger partial charge in [-0.25, -0.2) is 17.6 Å². The molecule has 0 radical (unpaired) electrons. The van der Waals surface area contributed by atoms with Gasteiger partial charge in [0.1, 0.15) is 22.0 Å². The van der Waals surface area contributed by atoms with E-state index in [9.17, 15) is 17.6 Å². The number of anilines is 1. The van der Waals surface area contributed by atoms with Crippen LogP contribution in [0.1, 0.15) is 29.8 Å². The van der Waals surface area contributed by atoms with Crippen molar-refractivity contribution in [2.24, 2.45) is 0 Å². The second-order valence-corrected chi connectivity index (χ2v) is 6.94. The molecule has 0 aliphatic carbocycles. The SMILES string of the molecule is CCOc1c(CC)ccc(NS(=O)(=O)c2ccccc2F)c1C(=O)OC. The predicted molar refractivity (Wildman–Crippen MR) is 95.5 cm³/mol. The molecule has 2 aromatic carbocycles. The van der Waals surface area contributed by atoms with Gasteiger partial charge in [0.15, 0.2) is 0 Å². The summed E-state index contributed by atoms with van der Waals surface area (Å²) in [6, 6.07) is 8.06. The van der Waals surface area contributed by atoms with Crippen LogP contribution in [0.4, 0.5) is 10.1 Å². The van der Waals surface area contributed by atoms with Crippen LogP contribution in [0.25, 0.3) is 0 Å². The zero-order valence-corrected chi connectivity index (χ0v) is 15.5. The number of ether oxygens (including phenoxy) is 2. The van der Waals surface area contributed by atoms with Gasteiger partial charge >= 0.3 is 5.97 Å². The fraction of sp³-hybridized carbons (Fsp3) is 0.278. The van der Waals surface area contributed by atoms with E-state index >= 15 is 0 Å². The Balaban J connectivity index is 2.61. The highest BCUT2D eigenvalue weighted by atomic mass is 32.2. The van der Waals surface area contributed by atoms with E-state index in [1.54, 1.807) is 13.0 Å². The molecule has 6 nitrogen and oxygen atoms in total. The Kier molecular flexibility index (Phi) is 6.20. The van der Waals surface area contributed by atoms with E-state index in [0.29, 0.717) is 6.42 Å². The van der Waals surface area contributed by atoms with Crippen molar-refractivity contribution >= 4 is 21.7 Å². The number of hydrogen-bond donors (Lipinski definition) is 1. The van der Waals surface area contributed by atoms with Gasteiger partial charge in [0.2, 0.25) is 0 Å². The molecule has 0 aromatic heterocycles. The van der Waals surface area contributed by atoms with Crippen molar-refractivity contribution < 1.29 is 27.1 Å². The maximum absolute atomic E-state index is 13.9. The number of rotatable bonds is 7. The highest BCUT2D eigenvalue weighted by Gasteiger charge is 2.26. The number of benzene rings is 2. The largest absolute Gasteiger partial charge is 0.493 e. The number of hydrogen-bond acceptors (Lipinski definition) is 5. The number of carbonyl (C=O) groups excluding carboxylic acids is 1. The summed E-state index contributed by atoms with van der Waals surface area (Å²) in [7, 11) is -3.06. The van der Waals surface area contributed by atoms with E-state index in [2.05, 4.69) is 4.72 Å². The van der Waals surface area contributed by atoms with Crippen LogP contribution in [-0.2, 0) is 21.2 Å². The molecule has 0 saturated carbocycles. The van der Waals surface area contributed by atoms with Crippen LogP contribution in [0.15, 0.2) is 41.3 Å². The van der Waals surface area contributed by atoms with E-state index in [1.165, 1.54) is 25.3 Å². The fourth-order valence-electron chi connectivity index (χ4n) is 2.47. The van der Waals surface area contributed by atoms with E-state index in [4.69, 9.17) is 9.47 Å². The lowest BCUT2D eigenvalue weighted by Gasteiger charge is -2.18. The molecule has 0 spiro atoms. The van der Waals surface area contributed by atoms with Crippen molar-refractivity contribution in [3.05, 3.63) is 53.3 Å². The van der Waals surface area contributed by atoms with Crippen LogP contribution >= 0.6 is 0 Å². The zero-order valence-electron chi connectivity index (χ0n) is 14.7. The number of sulfonamides is 1. The van der Waals surface area contributed by atoms with E-state index in [-0.39, 0.29) is 23.6 Å². The molecule has 0 aliphatic heterocycles. The Bertz CT molecular complexity index is 912. The van der Waals surface area contributed by atoms with E-state index in [1.807, 2.05) is 6.92 Å². The summed E-state index contributed by atoms with van der Waals surface area (Å²) in [5, 5.41) is 0. The minimum absolute atomic E-state index is 0.0410. The van der Waals surface area contributed by atoms with Gasteiger partial charge in [-0.3, -0.25) is 4.72 Å². The van der Waals surface area contributed by atoms with Gasteiger partial charge in [-0.1, -0.05) is 25.1 Å². The van der Waals surface area contributed by atoms with Gasteiger partial charge < -0.3 is 9.47 Å². The molecule has 0 atom stereocenters. The van der Waals surface area contributed by atoms with Crippen molar-refractivity contribution in [1.82, 2.24) is 0 Å². The molecule has 0 bridgehead atoms. The predicted octanol–water partition coefficient (Wildman–Crippen LogP) is 3.37. The van der Waals surface area contributed by atoms with Crippen LogP contribution < -0.4 is 9.46 Å². The van der Waals surface area contributed by atoms with Crippen molar-refractivity contribution in [2.75, 3.05) is 18.4 Å². The smallest absolute Gasteiger partial charge is 0.343 e. The molecule has 0 heterocycles. The summed E-state index contributed by atoms with van der Waals surface area (Å²) in [6.07, 6.45) is 0.569. The molecule has 26 heavy (non-hydrogen) atoms. The molecule has 0 aliphatic rings. The van der Waals surface area contributed by atoms with Gasteiger partial charge in [0.25, 0.3) is 10.0 Å². The van der Waals surface area contributed by atoms with Gasteiger partial charge in [-0.2, -0.15) is 0 Å². The number of methoxy groups -OCH3 is 1. The Morgan fingerprint density at radius 1 is 1.15 bits per heavy atom. The first-order valence-electron chi connectivity index (χ1n) is 8.00. The number of halogens is 1. The molecule has 0 amide bonds. The van der Waals surface area contributed by atoms with Crippen LogP contribution in [0.3, 0.4) is 0 Å². The third kappa shape index (κ3) is 3.96. The number of carbonyl (C=O) groups is 1. The topological polar surface area (TPSA) is 81.7 Å². The lowest BCUT2D eigenvalue weighted by atomic mass is 10.0. The number of aryl methyl sites for hydroxylation is 1. The minimum atomic E-state index is -4.25. The molecular weight excluding hydrogens is 361 g/mol. The highest BCUT2D eigenvalue weighted by Crippen LogP contribution is 2.33. The van der Waals surface area contributed by atoms with Crippen LogP contribution in [0.2, 0.25) is 0 Å². The normalized spacial score (nSPS) is 11.1. The molecule has 8 heteroatoms. The summed E-state index contributed by atoms with van der Waals surface area (Å²) >= 11 is 0. The van der Waals surface area contributed by atoms with Crippen molar-refractivity contribution in [1.29, 1.82) is 0 Å². The second kappa shape index (κ2) is 8.18. The number of nitrogens with one attached hydrogen (secondary N) is 1. The Morgan fingerprint density at radius 2 is 1.85 bits per heavy atom. The maximum atomic E-state index is 13.9. The van der Waals surface area contributed by atoms with Crippen LogP contribution in [0, 0.1) is 5.82 Å². The first-order chi connectivity index (χ1) is 12.4. The van der Waals surface area contributed by atoms with Gasteiger partial charge in [-0.15, -0.1) is 0 Å². The summed E-state index contributed by atoms with van der Waals surface area (Å²) in [5.74, 6) is -1.40. The molecule has 0 unspecified atom stereocenters. The Morgan fingerprint density at radius 3 is 2.42 bits per heavy atom. The Labute approximate surface area is 152 Å². The first kappa shape index (κ1) is 19.7. The lowest BCUT2D eigenvalue weighted by Crippen LogP contribution is -2.18. The van der Waals surface area contributed by atoms with Crippen LogP contribution in [0.5, 0.6) is 5.75 Å². The third-order valence-electron chi connectivity index (χ3n) is 3.67. The standard InChI is InChI=1S/C18H20FNO5S/c1-4-12-10-11-14(16(18(21)24-3)17(12)25-5-2)20-26(22,23)15-9-7-6-8-13(15)19/h6-11,20H,4-5H2,1-3H3. The third-order valence-corrected chi connectivity index (χ3v) is 5.07. The van der Waals surface area contributed by atoms with Crippen molar-refractivity contribution in [3.63, 3.8) is 0 Å². The van der Waals surface area contributed by atoms with E-state index in [0.717, 1.165) is 17.7 Å². The molecule has 0 saturated heterocycles. The molecule has 2 rings (SSSR count). The molecule has 0 fully saturated rings. The summed E-state index contributed by atoms with van der Waals surface area (Å²) in [4.78, 5) is 11.8. The van der Waals surface area contributed by atoms with Crippen LogP contribution in [-0.4, -0.2) is 28.1 Å². The zero-order chi connectivity index (χ0) is 19.3. The fourth-order valence-corrected chi connectivity index (χ4v) is 3.62. The van der Waals surface area contributed by atoms with Crippen molar-refractivity contribution in [3.8, 4) is 5.75 Å². The summed E-state index contributed by atoms with van der Waals surface area (Å²) in [6.45, 7) is 3.90. The average Bonchev–Trinajstić information content (AvgIpc) is 2.61. The van der Waals surface area contributed by atoms with Gasteiger partial charge in [0, 0.05) is 0 Å². The highest BCUT2D eigenvalue weighted by molar-refractivity contribution is 7.92. The minimum Gasteiger partial charge on any atom is -0.493 e. The molecular formula is C18H20FNO5S. The first-order valence-corrected chi connectivity index (χ1v) is 9.48. The van der Waals surface area contributed by atoms with Gasteiger partial charge in [0.05, 0.1) is 19.4 Å². The quantitative estimate of drug-likeness (QED) is 0.744. The lowest BCUT2D eigenvalue weighted by molar-refractivity contribution is 0.0597. The Hall–Kier alpha value is -2.61. The monoisotopic (exact) mass is 381 g/mol. The average molecular weight is 381 g/mol. The van der Waals surface area contributed by atoms with Crippen molar-refractivity contribution in [2.45, 2.75) is 25.2 Å². The summed E-state index contributed by atoms with van der Waals surface area (Å²) in [5.41, 5.74) is 0.635. The second-order valence-electron chi connectivity index (χ2n) is 5.29. The van der Waals surface area contributed by atoms with Gasteiger partial charge in [-0.05, 0) is 37.1 Å². The maximum Gasteiger partial charge on any atom is 0.343 e. The molecule has 140 valence electrons. The molecule has 2 aromatic rings. The van der Waals surface area contributed by atoms with E-state index < -0.39 is 26.7 Å². The number of esters is 1. The molecule has 1 N–H and O–H groups in total.